The fourth-order valence-corrected chi connectivity index (χ4v) is 2.04. The molecule has 0 aromatic carbocycles. The third kappa shape index (κ3) is 3.06. The third-order valence-corrected chi connectivity index (χ3v) is 3.18. The number of aromatic nitrogens is 2. The van der Waals surface area contributed by atoms with E-state index in [1.54, 1.807) is 11.3 Å². The van der Waals surface area contributed by atoms with Gasteiger partial charge in [0.05, 0.1) is 0 Å². The van der Waals surface area contributed by atoms with Crippen LogP contribution in [0.1, 0.15) is 18.9 Å². The summed E-state index contributed by atoms with van der Waals surface area (Å²) in [6, 6.07) is 0. The first-order chi connectivity index (χ1) is 7.58. The van der Waals surface area contributed by atoms with Crippen LogP contribution < -0.4 is 10.6 Å². The van der Waals surface area contributed by atoms with Gasteiger partial charge in [-0.05, 0) is 13.8 Å². The van der Waals surface area contributed by atoms with E-state index in [2.05, 4.69) is 20.3 Å². The highest BCUT2D eigenvalue weighted by atomic mass is 32.1. The minimum atomic E-state index is -0.0193. The quantitative estimate of drug-likeness (QED) is 0.349. The first-order valence-electron chi connectivity index (χ1n) is 5.11. The van der Waals surface area contributed by atoms with Gasteiger partial charge in [-0.1, -0.05) is 23.4 Å². The molecule has 0 aliphatic carbocycles. The monoisotopic (exact) mass is 243 g/mol. The van der Waals surface area contributed by atoms with Crippen LogP contribution in [0, 0.1) is 12.8 Å². The zero-order valence-corrected chi connectivity index (χ0v) is 10.5. The Morgan fingerprint density at radius 1 is 1.62 bits per heavy atom. The summed E-state index contributed by atoms with van der Waals surface area (Å²) in [4.78, 5) is 2.06. The van der Waals surface area contributed by atoms with E-state index in [0.29, 0.717) is 6.54 Å². The van der Waals surface area contributed by atoms with Gasteiger partial charge in [-0.15, -0.1) is 10.2 Å². The minimum Gasteiger partial charge on any atom is -0.409 e. The second-order valence-corrected chi connectivity index (χ2v) is 4.73. The van der Waals surface area contributed by atoms with Crippen molar-refractivity contribution in [3.63, 3.8) is 0 Å². The number of amidine groups is 1. The molecule has 0 bridgehead atoms. The van der Waals surface area contributed by atoms with Crippen LogP contribution >= 0.6 is 11.3 Å². The van der Waals surface area contributed by atoms with Crippen molar-refractivity contribution >= 4 is 22.3 Å². The lowest BCUT2D eigenvalue weighted by atomic mass is 10.1. The Hall–Kier alpha value is -1.37. The molecule has 0 spiro atoms. The largest absolute Gasteiger partial charge is 0.409 e. The van der Waals surface area contributed by atoms with Crippen molar-refractivity contribution in [2.75, 3.05) is 18.0 Å². The summed E-state index contributed by atoms with van der Waals surface area (Å²) in [7, 11) is 0. The predicted molar refractivity (Wildman–Crippen MR) is 65.1 cm³/mol. The van der Waals surface area contributed by atoms with Gasteiger partial charge in [0.2, 0.25) is 5.13 Å². The molecule has 6 nitrogen and oxygen atoms in total. The molecule has 1 aromatic heterocycles. The second kappa shape index (κ2) is 5.64. The number of nitrogens with two attached hydrogens (primary N) is 1. The lowest BCUT2D eigenvalue weighted by Crippen LogP contribution is -2.34. The summed E-state index contributed by atoms with van der Waals surface area (Å²) in [5, 5.41) is 21.5. The van der Waals surface area contributed by atoms with E-state index in [4.69, 9.17) is 10.9 Å². The Bertz CT molecular complexity index is 365. The molecule has 0 radical (unpaired) electrons. The van der Waals surface area contributed by atoms with Crippen LogP contribution in [0.5, 0.6) is 0 Å². The Labute approximate surface area is 98.8 Å². The number of aryl methyl sites for hydroxylation is 1. The van der Waals surface area contributed by atoms with Crippen molar-refractivity contribution in [1.82, 2.24) is 10.2 Å². The zero-order chi connectivity index (χ0) is 12.1. The van der Waals surface area contributed by atoms with Crippen LogP contribution in [0.4, 0.5) is 5.13 Å². The molecule has 3 N–H and O–H groups in total. The van der Waals surface area contributed by atoms with Crippen LogP contribution in [0.15, 0.2) is 5.16 Å². The van der Waals surface area contributed by atoms with Gasteiger partial charge in [-0.3, -0.25) is 0 Å². The number of nitrogens with zero attached hydrogens (tertiary/aromatic N) is 4. The van der Waals surface area contributed by atoms with E-state index < -0.39 is 0 Å². The molecule has 0 aliphatic rings. The maximum Gasteiger partial charge on any atom is 0.208 e. The molecule has 1 heterocycles. The van der Waals surface area contributed by atoms with Crippen LogP contribution in [-0.2, 0) is 0 Å². The van der Waals surface area contributed by atoms with Crippen LogP contribution in [0.3, 0.4) is 0 Å². The van der Waals surface area contributed by atoms with Crippen molar-refractivity contribution in [1.29, 1.82) is 0 Å². The van der Waals surface area contributed by atoms with E-state index in [9.17, 15) is 0 Å². The fourth-order valence-electron chi connectivity index (χ4n) is 1.28. The summed E-state index contributed by atoms with van der Waals surface area (Å²) in [5.74, 6) is 0.217. The molecule has 0 saturated heterocycles. The van der Waals surface area contributed by atoms with E-state index >= 15 is 0 Å². The van der Waals surface area contributed by atoms with Gasteiger partial charge in [-0.2, -0.15) is 0 Å². The van der Waals surface area contributed by atoms with Gasteiger partial charge in [0.1, 0.15) is 10.8 Å². The van der Waals surface area contributed by atoms with E-state index in [1.165, 1.54) is 0 Å². The van der Waals surface area contributed by atoms with Gasteiger partial charge < -0.3 is 15.8 Å². The van der Waals surface area contributed by atoms with Crippen molar-refractivity contribution in [2.24, 2.45) is 16.8 Å². The molecular weight excluding hydrogens is 226 g/mol. The fraction of sp³-hybridized carbons (Fsp3) is 0.667. The van der Waals surface area contributed by atoms with Crippen molar-refractivity contribution < 1.29 is 5.21 Å². The molecular formula is C9H17N5OS. The Kier molecular flexibility index (Phi) is 4.48. The van der Waals surface area contributed by atoms with Crippen LogP contribution in [-0.4, -0.2) is 34.3 Å². The molecule has 0 aliphatic heterocycles. The molecule has 0 saturated carbocycles. The summed E-state index contributed by atoms with van der Waals surface area (Å²) in [6.07, 6.45) is 0. The molecule has 1 atom stereocenters. The third-order valence-electron chi connectivity index (χ3n) is 2.28. The summed E-state index contributed by atoms with van der Waals surface area (Å²) < 4.78 is 0. The summed E-state index contributed by atoms with van der Waals surface area (Å²) in [6.45, 7) is 7.35. The zero-order valence-electron chi connectivity index (χ0n) is 9.71. The summed E-state index contributed by atoms with van der Waals surface area (Å²) in [5.41, 5.74) is 5.54. The number of oxime groups is 1. The molecule has 16 heavy (non-hydrogen) atoms. The van der Waals surface area contributed by atoms with Crippen LogP contribution in [0.2, 0.25) is 0 Å². The molecule has 0 fully saturated rings. The lowest BCUT2D eigenvalue weighted by molar-refractivity contribution is 0.314. The van der Waals surface area contributed by atoms with Gasteiger partial charge >= 0.3 is 0 Å². The SMILES string of the molecule is CCN(CC(C)C(N)=NO)c1nnc(C)s1. The molecule has 90 valence electrons. The highest BCUT2D eigenvalue weighted by Crippen LogP contribution is 2.20. The first kappa shape index (κ1) is 12.7. The van der Waals surface area contributed by atoms with Crippen molar-refractivity contribution in [3.05, 3.63) is 5.01 Å². The Morgan fingerprint density at radius 3 is 2.75 bits per heavy atom. The number of hydrogen-bond acceptors (Lipinski definition) is 6. The second-order valence-electron chi connectivity index (χ2n) is 3.57. The van der Waals surface area contributed by atoms with Gasteiger partial charge in [-0.25, -0.2) is 0 Å². The molecule has 1 aromatic rings. The van der Waals surface area contributed by atoms with E-state index in [0.717, 1.165) is 16.7 Å². The minimum absolute atomic E-state index is 0.0193. The maximum atomic E-state index is 8.58. The number of anilines is 1. The Morgan fingerprint density at radius 2 is 2.31 bits per heavy atom. The highest BCUT2D eigenvalue weighted by Gasteiger charge is 2.15. The molecule has 0 amide bonds. The lowest BCUT2D eigenvalue weighted by Gasteiger charge is -2.22. The molecule has 1 rings (SSSR count). The van der Waals surface area contributed by atoms with E-state index in [1.807, 2.05) is 20.8 Å². The average Bonchev–Trinajstić information content (AvgIpc) is 2.71. The van der Waals surface area contributed by atoms with Crippen molar-refractivity contribution in [2.45, 2.75) is 20.8 Å². The summed E-state index contributed by atoms with van der Waals surface area (Å²) >= 11 is 1.54. The maximum absolute atomic E-state index is 8.58. The van der Waals surface area contributed by atoms with Crippen LogP contribution in [0.25, 0.3) is 0 Å². The highest BCUT2D eigenvalue weighted by molar-refractivity contribution is 7.15. The predicted octanol–water partition coefficient (Wildman–Crippen LogP) is 1.06. The smallest absolute Gasteiger partial charge is 0.208 e. The topological polar surface area (TPSA) is 87.6 Å². The van der Waals surface area contributed by atoms with E-state index in [-0.39, 0.29) is 11.8 Å². The number of hydrogen-bond donors (Lipinski definition) is 2. The standard InChI is InChI=1S/C9H17N5OS/c1-4-14(5-6(2)8(10)13-15)9-12-11-7(3)16-9/h6,15H,4-5H2,1-3H3,(H2,10,13). The van der Waals surface area contributed by atoms with Gasteiger partial charge in [0.25, 0.3) is 0 Å². The molecule has 1 unspecified atom stereocenters. The Balaban J connectivity index is 2.69. The van der Waals surface area contributed by atoms with Gasteiger partial charge in [0, 0.05) is 19.0 Å². The average molecular weight is 243 g/mol. The molecule has 7 heteroatoms. The van der Waals surface area contributed by atoms with Crippen molar-refractivity contribution in [3.8, 4) is 0 Å². The number of rotatable bonds is 5. The normalized spacial score (nSPS) is 13.8. The van der Waals surface area contributed by atoms with Gasteiger partial charge in [0.15, 0.2) is 0 Å². The first-order valence-corrected chi connectivity index (χ1v) is 5.92.